The summed E-state index contributed by atoms with van der Waals surface area (Å²) < 4.78 is 10.7. The lowest BCUT2D eigenvalue weighted by Gasteiger charge is -2.10. The predicted molar refractivity (Wildman–Crippen MR) is 154 cm³/mol. The van der Waals surface area contributed by atoms with E-state index >= 15 is 0 Å². The van der Waals surface area contributed by atoms with E-state index in [1.807, 2.05) is 0 Å². The Morgan fingerprint density at radius 3 is 1.84 bits per heavy atom. The van der Waals surface area contributed by atoms with Crippen molar-refractivity contribution in [2.75, 3.05) is 13.7 Å². The van der Waals surface area contributed by atoms with E-state index in [0.29, 0.717) is 6.42 Å². The molecule has 5 rings (SSSR count). The minimum absolute atomic E-state index is 0.109. The quantitative estimate of drug-likeness (QED) is 0.105. The fourth-order valence-electron chi connectivity index (χ4n) is 4.98. The smallest absolute Gasteiger partial charge is 0.305 e. The molecule has 0 aliphatic carbocycles. The number of carbonyl (C=O) groups excluding carboxylic acids is 1. The highest BCUT2D eigenvalue weighted by Crippen LogP contribution is 2.31. The summed E-state index contributed by atoms with van der Waals surface area (Å²) in [5, 5.41) is 7.49. The van der Waals surface area contributed by atoms with E-state index < -0.39 is 0 Å². The normalized spacial score (nSPS) is 11.3. The van der Waals surface area contributed by atoms with Crippen molar-refractivity contribution in [1.29, 1.82) is 0 Å². The van der Waals surface area contributed by atoms with E-state index in [1.165, 1.54) is 57.0 Å². The molecule has 0 saturated heterocycles. The van der Waals surface area contributed by atoms with Crippen LogP contribution in [0.5, 0.6) is 5.75 Å². The fourth-order valence-corrected chi connectivity index (χ4v) is 4.98. The van der Waals surface area contributed by atoms with E-state index in [1.54, 1.807) is 0 Å². The van der Waals surface area contributed by atoms with Crippen molar-refractivity contribution in [2.24, 2.45) is 0 Å². The van der Waals surface area contributed by atoms with Crippen LogP contribution in [0, 0.1) is 0 Å². The first kappa shape index (κ1) is 24.8. The maximum atomic E-state index is 11.1. The SMILES string of the molecule is COC(=O)CCCCCCCCOc1ccc2cc(-c3ccc4cc5ccccc5cc4c3)ccc2c1. The second-order valence-corrected chi connectivity index (χ2v) is 9.78. The van der Waals surface area contributed by atoms with Gasteiger partial charge in [-0.05, 0) is 92.7 Å². The molecule has 3 nitrogen and oxygen atoms in total. The highest BCUT2D eigenvalue weighted by molar-refractivity contribution is 6.00. The Morgan fingerprint density at radius 2 is 1.11 bits per heavy atom. The average molecular weight is 491 g/mol. The summed E-state index contributed by atoms with van der Waals surface area (Å²) in [7, 11) is 1.45. The van der Waals surface area contributed by atoms with Gasteiger partial charge in [-0.2, -0.15) is 0 Å². The van der Waals surface area contributed by atoms with Crippen LogP contribution in [0.2, 0.25) is 0 Å². The van der Waals surface area contributed by atoms with Crippen LogP contribution in [-0.4, -0.2) is 19.7 Å². The van der Waals surface area contributed by atoms with Crippen molar-refractivity contribution in [1.82, 2.24) is 0 Å². The van der Waals surface area contributed by atoms with Gasteiger partial charge in [0, 0.05) is 6.42 Å². The van der Waals surface area contributed by atoms with E-state index in [-0.39, 0.29) is 5.97 Å². The molecule has 5 aromatic rings. The summed E-state index contributed by atoms with van der Waals surface area (Å²) in [6.07, 6.45) is 7.06. The van der Waals surface area contributed by atoms with Crippen LogP contribution in [0.25, 0.3) is 43.4 Å². The highest BCUT2D eigenvalue weighted by Gasteiger charge is 2.05. The number of hydrogen-bond acceptors (Lipinski definition) is 3. The van der Waals surface area contributed by atoms with Gasteiger partial charge in [0.2, 0.25) is 0 Å². The molecule has 37 heavy (non-hydrogen) atoms. The van der Waals surface area contributed by atoms with Gasteiger partial charge in [-0.25, -0.2) is 0 Å². The minimum Gasteiger partial charge on any atom is -0.494 e. The summed E-state index contributed by atoms with van der Waals surface area (Å²) in [5.74, 6) is 0.818. The molecule has 0 unspecified atom stereocenters. The molecule has 188 valence electrons. The fraction of sp³-hybridized carbons (Fsp3) is 0.265. The van der Waals surface area contributed by atoms with Crippen molar-refractivity contribution in [3.05, 3.63) is 91.0 Å². The molecular formula is C34H34O3. The summed E-state index contributed by atoms with van der Waals surface area (Å²) in [6, 6.07) is 32.8. The lowest BCUT2D eigenvalue weighted by molar-refractivity contribution is -0.140. The van der Waals surface area contributed by atoms with Crippen molar-refractivity contribution in [3.63, 3.8) is 0 Å². The molecule has 0 heterocycles. The molecule has 0 saturated carbocycles. The van der Waals surface area contributed by atoms with Crippen molar-refractivity contribution < 1.29 is 14.3 Å². The van der Waals surface area contributed by atoms with Crippen LogP contribution in [0.1, 0.15) is 44.9 Å². The molecule has 0 bridgehead atoms. The minimum atomic E-state index is -0.109. The van der Waals surface area contributed by atoms with Gasteiger partial charge in [-0.15, -0.1) is 0 Å². The number of methoxy groups -OCH3 is 1. The third-order valence-electron chi connectivity index (χ3n) is 7.12. The first-order chi connectivity index (χ1) is 18.2. The van der Waals surface area contributed by atoms with Crippen molar-refractivity contribution in [2.45, 2.75) is 44.9 Å². The lowest BCUT2D eigenvalue weighted by atomic mass is 9.97. The average Bonchev–Trinajstić information content (AvgIpc) is 2.94. The van der Waals surface area contributed by atoms with Gasteiger partial charge in [0.15, 0.2) is 0 Å². The van der Waals surface area contributed by atoms with Gasteiger partial charge < -0.3 is 9.47 Å². The third-order valence-corrected chi connectivity index (χ3v) is 7.12. The number of fused-ring (bicyclic) bond motifs is 3. The number of hydrogen-bond donors (Lipinski definition) is 0. The number of benzene rings is 5. The van der Waals surface area contributed by atoms with Gasteiger partial charge >= 0.3 is 5.97 Å². The van der Waals surface area contributed by atoms with E-state index in [0.717, 1.165) is 44.5 Å². The summed E-state index contributed by atoms with van der Waals surface area (Å²) in [5.41, 5.74) is 2.46. The van der Waals surface area contributed by atoms with E-state index in [2.05, 4.69) is 95.7 Å². The van der Waals surface area contributed by atoms with Crippen LogP contribution in [0.3, 0.4) is 0 Å². The van der Waals surface area contributed by atoms with Crippen LogP contribution in [0.4, 0.5) is 0 Å². The zero-order valence-corrected chi connectivity index (χ0v) is 21.5. The highest BCUT2D eigenvalue weighted by atomic mass is 16.5. The van der Waals surface area contributed by atoms with Gasteiger partial charge in [0.25, 0.3) is 0 Å². The Bertz CT molecular complexity index is 1520. The van der Waals surface area contributed by atoms with Crippen molar-refractivity contribution >= 4 is 38.3 Å². The van der Waals surface area contributed by atoms with Crippen molar-refractivity contribution in [3.8, 4) is 16.9 Å². The Labute approximate surface area is 219 Å². The zero-order valence-electron chi connectivity index (χ0n) is 21.5. The number of esters is 1. The molecular weight excluding hydrogens is 456 g/mol. The first-order valence-corrected chi connectivity index (χ1v) is 13.4. The van der Waals surface area contributed by atoms with Crippen LogP contribution >= 0.6 is 0 Å². The maximum absolute atomic E-state index is 11.1. The third kappa shape index (κ3) is 6.29. The molecule has 3 heteroatoms. The van der Waals surface area contributed by atoms with Crippen LogP contribution in [-0.2, 0) is 9.53 Å². The lowest BCUT2D eigenvalue weighted by Crippen LogP contribution is -1.99. The molecule has 0 aromatic heterocycles. The molecule has 0 radical (unpaired) electrons. The summed E-state index contributed by atoms with van der Waals surface area (Å²) >= 11 is 0. The zero-order chi connectivity index (χ0) is 25.5. The molecule has 5 aromatic carbocycles. The first-order valence-electron chi connectivity index (χ1n) is 13.4. The molecule has 0 spiro atoms. The summed E-state index contributed by atoms with van der Waals surface area (Å²) in [4.78, 5) is 11.1. The standard InChI is InChI=1S/C34H34O3/c1-36-34(35)12-6-4-2-3-5-9-19-37-33-18-17-29-21-27(14-16-31(29)24-33)28-13-15-30-20-25-10-7-8-11-26(25)22-32(30)23-28/h7-8,10-11,13-18,20-24H,2-6,9,12,19H2,1H3. The summed E-state index contributed by atoms with van der Waals surface area (Å²) in [6.45, 7) is 0.734. The second-order valence-electron chi connectivity index (χ2n) is 9.78. The van der Waals surface area contributed by atoms with E-state index in [4.69, 9.17) is 4.74 Å². The Kier molecular flexibility index (Phi) is 8.00. The molecule has 0 amide bonds. The van der Waals surface area contributed by atoms with Gasteiger partial charge in [0.05, 0.1) is 13.7 Å². The van der Waals surface area contributed by atoms with Crippen LogP contribution < -0.4 is 4.74 Å². The number of ether oxygens (including phenoxy) is 2. The number of unbranched alkanes of at least 4 members (excludes halogenated alkanes) is 5. The van der Waals surface area contributed by atoms with E-state index in [9.17, 15) is 4.79 Å². The van der Waals surface area contributed by atoms with Gasteiger partial charge in [-0.1, -0.05) is 80.3 Å². The molecule has 0 N–H and O–H groups in total. The van der Waals surface area contributed by atoms with Crippen LogP contribution in [0.15, 0.2) is 91.0 Å². The molecule has 0 aliphatic rings. The maximum Gasteiger partial charge on any atom is 0.305 e. The monoisotopic (exact) mass is 490 g/mol. The Morgan fingerprint density at radius 1 is 0.568 bits per heavy atom. The van der Waals surface area contributed by atoms with Gasteiger partial charge in [0.1, 0.15) is 5.75 Å². The topological polar surface area (TPSA) is 35.5 Å². The second kappa shape index (κ2) is 11.9. The Hall–Kier alpha value is -3.85. The molecule has 0 atom stereocenters. The predicted octanol–water partition coefficient (Wildman–Crippen LogP) is 9.10. The molecule has 0 fully saturated rings. The number of carbonyl (C=O) groups is 1. The Balaban J connectivity index is 1.16. The molecule has 0 aliphatic heterocycles. The number of rotatable bonds is 11. The van der Waals surface area contributed by atoms with Gasteiger partial charge in [-0.3, -0.25) is 4.79 Å². The largest absolute Gasteiger partial charge is 0.494 e.